The van der Waals surface area contributed by atoms with Crippen LogP contribution in [0, 0.1) is 0 Å². The van der Waals surface area contributed by atoms with Crippen molar-refractivity contribution in [1.82, 2.24) is 10.4 Å². The van der Waals surface area contributed by atoms with Crippen LogP contribution in [0.4, 0.5) is 0 Å². The highest BCUT2D eigenvalue weighted by atomic mass is 16.7. The summed E-state index contributed by atoms with van der Waals surface area (Å²) in [6.45, 7) is 8.11. The van der Waals surface area contributed by atoms with Crippen LogP contribution in [0.25, 0.3) is 0 Å². The van der Waals surface area contributed by atoms with E-state index in [0.717, 1.165) is 11.0 Å². The molecule has 3 rings (SSSR count). The molecule has 1 aliphatic rings. The van der Waals surface area contributed by atoms with Crippen LogP contribution in [0.5, 0.6) is 0 Å². The number of hydrogen-bond acceptors (Lipinski definition) is 5. The van der Waals surface area contributed by atoms with E-state index in [1.54, 1.807) is 30.7 Å². The van der Waals surface area contributed by atoms with E-state index in [-0.39, 0.29) is 17.1 Å². The molecule has 1 amide bonds. The van der Waals surface area contributed by atoms with Crippen molar-refractivity contribution in [2.45, 2.75) is 38.9 Å². The summed E-state index contributed by atoms with van der Waals surface area (Å²) < 4.78 is 12.1. The molecule has 2 aromatic rings. The molecule has 1 N–H and O–H groups in total. The lowest BCUT2D eigenvalue weighted by Crippen LogP contribution is -2.41. The monoisotopic (exact) mass is 351 g/mol. The average molecular weight is 351 g/mol. The van der Waals surface area contributed by atoms with Crippen LogP contribution in [0.2, 0.25) is 0 Å². The Balaban J connectivity index is 1.61. The third-order valence-electron chi connectivity index (χ3n) is 4.78. The number of nitrogens with zero attached hydrogens (tertiary/aromatic N) is 2. The summed E-state index contributed by atoms with van der Waals surface area (Å²) in [7, 11) is -0.391. The van der Waals surface area contributed by atoms with Gasteiger partial charge in [0.1, 0.15) is 0 Å². The van der Waals surface area contributed by atoms with Crippen LogP contribution in [0.15, 0.2) is 53.9 Å². The zero-order valence-electron chi connectivity index (χ0n) is 15.4. The van der Waals surface area contributed by atoms with Crippen molar-refractivity contribution in [3.05, 3.63) is 59.9 Å². The van der Waals surface area contributed by atoms with Gasteiger partial charge in [-0.2, -0.15) is 5.10 Å². The molecule has 1 aliphatic heterocycles. The Kier molecular flexibility index (Phi) is 4.93. The smallest absolute Gasteiger partial charge is 0.399 e. The van der Waals surface area contributed by atoms with Gasteiger partial charge in [0.25, 0.3) is 5.91 Å². The van der Waals surface area contributed by atoms with Gasteiger partial charge in [0, 0.05) is 18.0 Å². The molecule has 1 fully saturated rings. The molecule has 1 aromatic heterocycles. The average Bonchev–Trinajstić information content (AvgIpc) is 2.84. The highest BCUT2D eigenvalue weighted by Gasteiger charge is 2.51. The van der Waals surface area contributed by atoms with Gasteiger partial charge in [-0.05, 0) is 50.9 Å². The summed E-state index contributed by atoms with van der Waals surface area (Å²) in [6.07, 6.45) is 4.72. The van der Waals surface area contributed by atoms with Crippen LogP contribution in [-0.2, 0) is 9.31 Å². The fourth-order valence-electron chi connectivity index (χ4n) is 2.45. The van der Waals surface area contributed by atoms with E-state index in [1.807, 2.05) is 52.0 Å². The molecule has 134 valence electrons. The summed E-state index contributed by atoms with van der Waals surface area (Å²) in [5.74, 6) is -0.280. The predicted octanol–water partition coefficient (Wildman–Crippen LogP) is 2.14. The number of hydrogen-bond donors (Lipinski definition) is 1. The minimum Gasteiger partial charge on any atom is -0.399 e. The highest BCUT2D eigenvalue weighted by molar-refractivity contribution is 6.62. The first-order valence-corrected chi connectivity index (χ1v) is 8.47. The molecule has 1 saturated heterocycles. The van der Waals surface area contributed by atoms with Crippen LogP contribution >= 0.6 is 0 Å². The van der Waals surface area contributed by atoms with Gasteiger partial charge in [-0.15, -0.1) is 0 Å². The molecule has 0 aliphatic carbocycles. The summed E-state index contributed by atoms with van der Waals surface area (Å²) in [6, 6.07) is 10.9. The lowest BCUT2D eigenvalue weighted by atomic mass is 9.79. The Morgan fingerprint density at radius 2 is 1.62 bits per heavy atom. The highest BCUT2D eigenvalue weighted by Crippen LogP contribution is 2.36. The fourth-order valence-corrected chi connectivity index (χ4v) is 2.45. The molecule has 7 heteroatoms. The lowest BCUT2D eigenvalue weighted by molar-refractivity contribution is 0.00578. The maximum absolute atomic E-state index is 11.9. The van der Waals surface area contributed by atoms with Gasteiger partial charge in [-0.25, -0.2) is 5.43 Å². The van der Waals surface area contributed by atoms with Crippen molar-refractivity contribution < 1.29 is 14.1 Å². The number of amides is 1. The second kappa shape index (κ2) is 7.01. The first-order chi connectivity index (χ1) is 12.3. The number of benzene rings is 1. The molecule has 0 radical (unpaired) electrons. The Hall–Kier alpha value is -2.51. The molecule has 0 spiro atoms. The first-order valence-electron chi connectivity index (χ1n) is 8.47. The largest absolute Gasteiger partial charge is 0.494 e. The van der Waals surface area contributed by atoms with E-state index in [2.05, 4.69) is 15.5 Å². The summed E-state index contributed by atoms with van der Waals surface area (Å²) in [5, 5.41) is 3.98. The third-order valence-corrected chi connectivity index (χ3v) is 4.78. The molecule has 1 aromatic carbocycles. The van der Waals surface area contributed by atoms with E-state index in [9.17, 15) is 4.79 Å². The number of aromatic nitrogens is 1. The van der Waals surface area contributed by atoms with E-state index in [1.165, 1.54) is 0 Å². The molecule has 0 unspecified atom stereocenters. The normalized spacial score (nSPS) is 18.2. The van der Waals surface area contributed by atoms with E-state index in [4.69, 9.17) is 9.31 Å². The Morgan fingerprint density at radius 1 is 1.04 bits per heavy atom. The van der Waals surface area contributed by atoms with Crippen LogP contribution in [0.1, 0.15) is 43.6 Å². The number of carbonyl (C=O) groups is 1. The summed E-state index contributed by atoms with van der Waals surface area (Å²) in [4.78, 5) is 15.8. The molecular formula is C19H22BN3O3. The maximum Gasteiger partial charge on any atom is 0.494 e. The molecule has 6 nitrogen and oxygen atoms in total. The van der Waals surface area contributed by atoms with Gasteiger partial charge in [-0.3, -0.25) is 9.78 Å². The molecule has 0 atom stereocenters. The number of nitrogens with one attached hydrogen (secondary N) is 1. The van der Waals surface area contributed by atoms with E-state index < -0.39 is 7.12 Å². The molecule has 0 bridgehead atoms. The molecule has 2 heterocycles. The van der Waals surface area contributed by atoms with E-state index >= 15 is 0 Å². The van der Waals surface area contributed by atoms with Gasteiger partial charge < -0.3 is 9.31 Å². The number of pyridine rings is 1. The Labute approximate surface area is 153 Å². The zero-order valence-corrected chi connectivity index (χ0v) is 15.4. The molecular weight excluding hydrogens is 329 g/mol. The van der Waals surface area contributed by atoms with Gasteiger partial charge >= 0.3 is 7.12 Å². The molecule has 0 saturated carbocycles. The van der Waals surface area contributed by atoms with E-state index in [0.29, 0.717) is 5.56 Å². The number of hydrazone groups is 1. The van der Waals surface area contributed by atoms with Crippen molar-refractivity contribution >= 4 is 24.7 Å². The van der Waals surface area contributed by atoms with Gasteiger partial charge in [0.2, 0.25) is 0 Å². The van der Waals surface area contributed by atoms with Crippen molar-refractivity contribution in [1.29, 1.82) is 0 Å². The predicted molar refractivity (Wildman–Crippen MR) is 101 cm³/mol. The maximum atomic E-state index is 11.9. The molecule has 26 heavy (non-hydrogen) atoms. The standard InChI is InChI=1S/C19H22BN3O3/c1-18(2)19(3,4)26-20(25-18)16-7-5-14(6-8-16)13-22-23-17(24)15-9-11-21-12-10-15/h5-13H,1-4H3,(H,23,24)/b22-13+. The third kappa shape index (κ3) is 3.84. The quantitative estimate of drug-likeness (QED) is 0.520. The Bertz CT molecular complexity index is 789. The number of carbonyl (C=O) groups excluding carboxylic acids is 1. The zero-order chi connectivity index (χ0) is 18.8. The van der Waals surface area contributed by atoms with Crippen molar-refractivity contribution in [3.8, 4) is 0 Å². The second-order valence-corrected chi connectivity index (χ2v) is 7.19. The van der Waals surface area contributed by atoms with Gasteiger partial charge in [0.15, 0.2) is 0 Å². The van der Waals surface area contributed by atoms with Crippen LogP contribution in [-0.4, -0.2) is 35.4 Å². The van der Waals surface area contributed by atoms with Crippen LogP contribution in [0.3, 0.4) is 0 Å². The van der Waals surface area contributed by atoms with Crippen molar-refractivity contribution in [2.24, 2.45) is 5.10 Å². The summed E-state index contributed by atoms with van der Waals surface area (Å²) in [5.41, 5.74) is 4.07. The van der Waals surface area contributed by atoms with Crippen molar-refractivity contribution in [2.75, 3.05) is 0 Å². The minimum absolute atomic E-state index is 0.280. The van der Waals surface area contributed by atoms with Gasteiger partial charge in [0.05, 0.1) is 17.4 Å². The summed E-state index contributed by atoms with van der Waals surface area (Å²) >= 11 is 0. The Morgan fingerprint density at radius 3 is 2.19 bits per heavy atom. The second-order valence-electron chi connectivity index (χ2n) is 7.19. The first kappa shape index (κ1) is 18.3. The van der Waals surface area contributed by atoms with Crippen LogP contribution < -0.4 is 10.9 Å². The van der Waals surface area contributed by atoms with Gasteiger partial charge in [-0.1, -0.05) is 24.3 Å². The SMILES string of the molecule is CC1(C)OB(c2ccc(/C=N/NC(=O)c3ccncc3)cc2)OC1(C)C. The fraction of sp³-hybridized carbons (Fsp3) is 0.316. The van der Waals surface area contributed by atoms with Crippen molar-refractivity contribution in [3.63, 3.8) is 0 Å². The lowest BCUT2D eigenvalue weighted by Gasteiger charge is -2.32. The topological polar surface area (TPSA) is 72.8 Å². The minimum atomic E-state index is -0.391. The number of rotatable bonds is 4.